The first-order valence-corrected chi connectivity index (χ1v) is 6.78. The van der Waals surface area contributed by atoms with Gasteiger partial charge in [-0.2, -0.15) is 0 Å². The minimum atomic E-state index is 0.0184. The molecule has 106 valence electrons. The van der Waals surface area contributed by atoms with Gasteiger partial charge in [0, 0.05) is 12.6 Å². The van der Waals surface area contributed by atoms with Gasteiger partial charge in [-0.25, -0.2) is 0 Å². The lowest BCUT2D eigenvalue weighted by Gasteiger charge is -2.15. The lowest BCUT2D eigenvalue weighted by Crippen LogP contribution is -2.24. The second-order valence-electron chi connectivity index (χ2n) is 4.80. The highest BCUT2D eigenvalue weighted by molar-refractivity contribution is 5.75. The summed E-state index contributed by atoms with van der Waals surface area (Å²) in [5, 5.41) is 2.75. The summed E-state index contributed by atoms with van der Waals surface area (Å²) in [5.41, 5.74) is 8.02. The molecule has 0 aliphatic heterocycles. The van der Waals surface area contributed by atoms with Gasteiger partial charge in [0.1, 0.15) is 5.75 Å². The molecule has 0 aliphatic carbocycles. The summed E-state index contributed by atoms with van der Waals surface area (Å²) in [7, 11) is 0. The summed E-state index contributed by atoms with van der Waals surface area (Å²) in [6, 6.07) is 6.13. The predicted molar refractivity (Wildman–Crippen MR) is 77.3 cm³/mol. The van der Waals surface area contributed by atoms with E-state index in [0.29, 0.717) is 19.6 Å². The van der Waals surface area contributed by atoms with E-state index in [9.17, 15) is 4.79 Å². The molecule has 0 spiro atoms. The van der Waals surface area contributed by atoms with Crippen LogP contribution in [0.15, 0.2) is 18.2 Å². The van der Waals surface area contributed by atoms with Gasteiger partial charge in [0.25, 0.3) is 0 Å². The first kappa shape index (κ1) is 15.5. The summed E-state index contributed by atoms with van der Waals surface area (Å²) in [6.45, 7) is 6.93. The number of aryl methyl sites for hydroxylation is 1. The monoisotopic (exact) mass is 264 g/mol. The number of carbonyl (C=O) groups excluding carboxylic acids is 1. The molecule has 0 radical (unpaired) electrons. The molecule has 3 N–H and O–H groups in total. The molecular weight excluding hydrogens is 240 g/mol. The molecule has 0 heterocycles. The van der Waals surface area contributed by atoms with Crippen molar-refractivity contribution in [1.29, 1.82) is 0 Å². The Morgan fingerprint density at radius 2 is 2.21 bits per heavy atom. The van der Waals surface area contributed by atoms with Crippen molar-refractivity contribution >= 4 is 5.91 Å². The van der Waals surface area contributed by atoms with Gasteiger partial charge in [0.05, 0.1) is 13.0 Å². The number of rotatable bonds is 7. The Hall–Kier alpha value is -1.55. The van der Waals surface area contributed by atoms with Crippen LogP contribution in [0.3, 0.4) is 0 Å². The van der Waals surface area contributed by atoms with Crippen LogP contribution in [-0.4, -0.2) is 25.1 Å². The first-order valence-electron chi connectivity index (χ1n) is 6.78. The van der Waals surface area contributed by atoms with Gasteiger partial charge in [-0.1, -0.05) is 18.2 Å². The van der Waals surface area contributed by atoms with Crippen LogP contribution in [0.25, 0.3) is 0 Å². The van der Waals surface area contributed by atoms with E-state index in [0.717, 1.165) is 23.3 Å². The van der Waals surface area contributed by atoms with Gasteiger partial charge in [-0.3, -0.25) is 4.79 Å². The lowest BCUT2D eigenvalue weighted by molar-refractivity contribution is -0.121. The van der Waals surface area contributed by atoms with Crippen molar-refractivity contribution in [3.05, 3.63) is 29.3 Å². The molecule has 1 atom stereocenters. The molecule has 1 amide bonds. The van der Waals surface area contributed by atoms with Crippen molar-refractivity contribution in [2.75, 3.05) is 13.2 Å². The van der Waals surface area contributed by atoms with Crippen molar-refractivity contribution in [3.8, 4) is 5.75 Å². The molecule has 0 fully saturated rings. The quantitative estimate of drug-likeness (QED) is 0.789. The van der Waals surface area contributed by atoms with Gasteiger partial charge in [0.2, 0.25) is 5.91 Å². The summed E-state index contributed by atoms with van der Waals surface area (Å²) in [5.74, 6) is 0.883. The number of benzene rings is 1. The maximum absolute atomic E-state index is 11.4. The molecule has 0 saturated carbocycles. The van der Waals surface area contributed by atoms with Gasteiger partial charge < -0.3 is 15.8 Å². The van der Waals surface area contributed by atoms with Crippen molar-refractivity contribution < 1.29 is 9.53 Å². The fraction of sp³-hybridized carbons (Fsp3) is 0.533. The molecule has 0 aliphatic rings. The Bertz CT molecular complexity index is 417. The van der Waals surface area contributed by atoms with Gasteiger partial charge in [-0.05, 0) is 38.3 Å². The minimum absolute atomic E-state index is 0.0184. The van der Waals surface area contributed by atoms with Crippen LogP contribution in [0, 0.1) is 6.92 Å². The van der Waals surface area contributed by atoms with E-state index in [1.165, 1.54) is 0 Å². The van der Waals surface area contributed by atoms with Crippen LogP contribution >= 0.6 is 0 Å². The fourth-order valence-corrected chi connectivity index (χ4v) is 1.96. The summed E-state index contributed by atoms with van der Waals surface area (Å²) in [4.78, 5) is 11.4. The highest BCUT2D eigenvalue weighted by atomic mass is 16.5. The normalized spacial score (nSPS) is 12.0. The average molecular weight is 264 g/mol. The van der Waals surface area contributed by atoms with E-state index in [1.807, 2.05) is 39.0 Å². The SMILES string of the molecule is CCNC(=O)CCOc1c(C)cccc1CC(C)N. The third-order valence-electron chi connectivity index (χ3n) is 2.78. The van der Waals surface area contributed by atoms with Crippen LogP contribution in [0.1, 0.15) is 31.4 Å². The zero-order valence-corrected chi connectivity index (χ0v) is 12.0. The topological polar surface area (TPSA) is 64.3 Å². The van der Waals surface area contributed by atoms with Gasteiger partial charge >= 0.3 is 0 Å². The highest BCUT2D eigenvalue weighted by Crippen LogP contribution is 2.24. The van der Waals surface area contributed by atoms with Gasteiger partial charge in [-0.15, -0.1) is 0 Å². The number of amides is 1. The van der Waals surface area contributed by atoms with Crippen molar-refractivity contribution in [2.45, 2.75) is 39.7 Å². The van der Waals surface area contributed by atoms with Crippen molar-refractivity contribution in [1.82, 2.24) is 5.32 Å². The van der Waals surface area contributed by atoms with E-state index < -0.39 is 0 Å². The summed E-state index contributed by atoms with van der Waals surface area (Å²) < 4.78 is 5.77. The predicted octanol–water partition coefficient (Wildman–Crippen LogP) is 1.79. The highest BCUT2D eigenvalue weighted by Gasteiger charge is 2.09. The summed E-state index contributed by atoms with van der Waals surface area (Å²) in [6.07, 6.45) is 1.15. The third kappa shape index (κ3) is 5.30. The number of nitrogens with one attached hydrogen (secondary N) is 1. The molecule has 0 saturated heterocycles. The van der Waals surface area contributed by atoms with Gasteiger partial charge in [0.15, 0.2) is 0 Å². The van der Waals surface area contributed by atoms with Crippen LogP contribution < -0.4 is 15.8 Å². The Kier molecular flexibility index (Phi) is 6.36. The second-order valence-corrected chi connectivity index (χ2v) is 4.80. The maximum atomic E-state index is 11.4. The number of carbonyl (C=O) groups is 1. The smallest absolute Gasteiger partial charge is 0.223 e. The number of para-hydroxylation sites is 1. The van der Waals surface area contributed by atoms with Crippen LogP contribution in [-0.2, 0) is 11.2 Å². The molecule has 1 rings (SSSR count). The van der Waals surface area contributed by atoms with Crippen LogP contribution in [0.2, 0.25) is 0 Å². The molecule has 1 unspecified atom stereocenters. The molecule has 19 heavy (non-hydrogen) atoms. The number of nitrogens with two attached hydrogens (primary N) is 1. The van der Waals surface area contributed by atoms with E-state index >= 15 is 0 Å². The maximum Gasteiger partial charge on any atom is 0.223 e. The number of ether oxygens (including phenoxy) is 1. The van der Waals surface area contributed by atoms with E-state index in [-0.39, 0.29) is 11.9 Å². The Morgan fingerprint density at radius 1 is 1.47 bits per heavy atom. The van der Waals surface area contributed by atoms with E-state index in [4.69, 9.17) is 10.5 Å². The zero-order valence-electron chi connectivity index (χ0n) is 12.0. The summed E-state index contributed by atoms with van der Waals surface area (Å²) >= 11 is 0. The molecule has 1 aromatic rings. The standard InChI is InChI=1S/C15H24N2O2/c1-4-17-14(18)8-9-19-15-11(2)6-5-7-13(15)10-12(3)16/h5-7,12H,4,8-10,16H2,1-3H3,(H,17,18). The zero-order chi connectivity index (χ0) is 14.3. The van der Waals surface area contributed by atoms with Crippen LogP contribution in [0.5, 0.6) is 5.75 Å². The first-order chi connectivity index (χ1) is 9.04. The molecular formula is C15H24N2O2. The third-order valence-corrected chi connectivity index (χ3v) is 2.78. The Balaban J connectivity index is 2.63. The minimum Gasteiger partial charge on any atom is -0.492 e. The molecule has 0 aromatic heterocycles. The second kappa shape index (κ2) is 7.79. The van der Waals surface area contributed by atoms with Crippen molar-refractivity contribution in [2.24, 2.45) is 5.73 Å². The largest absolute Gasteiger partial charge is 0.492 e. The Labute approximate surface area is 115 Å². The lowest BCUT2D eigenvalue weighted by atomic mass is 10.0. The molecule has 4 nitrogen and oxygen atoms in total. The Morgan fingerprint density at radius 3 is 2.84 bits per heavy atom. The fourth-order valence-electron chi connectivity index (χ4n) is 1.96. The molecule has 0 bridgehead atoms. The van der Waals surface area contributed by atoms with Crippen LogP contribution in [0.4, 0.5) is 0 Å². The number of hydrogen-bond donors (Lipinski definition) is 2. The average Bonchev–Trinajstić information content (AvgIpc) is 2.32. The molecule has 1 aromatic carbocycles. The van der Waals surface area contributed by atoms with E-state index in [1.54, 1.807) is 0 Å². The van der Waals surface area contributed by atoms with E-state index in [2.05, 4.69) is 5.32 Å². The number of hydrogen-bond acceptors (Lipinski definition) is 3. The van der Waals surface area contributed by atoms with Crippen molar-refractivity contribution in [3.63, 3.8) is 0 Å². The molecule has 4 heteroatoms.